The molecule has 0 radical (unpaired) electrons. The van der Waals surface area contributed by atoms with Crippen LogP contribution in [0.2, 0.25) is 0 Å². The normalized spacial score (nSPS) is 20.9. The first-order chi connectivity index (χ1) is 26.1. The minimum absolute atomic E-state index is 0.179. The average molecular weight is 715 g/mol. The number of benzene rings is 4. The molecular formula is C45H50N2O6. The SMILES string of the molecule is N[C@@H]1[C@@H](OCc2ccccc2)[C@@H](OCc2ccccc2)[C@@H](COCc2ccccc2)O[C@@H]1C#CCCCCCCCCN1C(=O)c2ccccc2C1=O. The number of amides is 2. The lowest BCUT2D eigenvalue weighted by Crippen LogP contribution is -2.63. The topological polar surface area (TPSA) is 100 Å². The standard InChI is InChI=1S/C45H50N2O6/c46-41-39(28-16-5-3-1-2-4-6-19-29-47-44(48)37-26-17-18-27-38(37)45(47)49)53-40(33-50-30-34-20-10-7-11-21-34)42(51-31-35-22-12-8-13-23-35)43(41)52-32-36-24-14-9-15-25-36/h7-15,17-18,20-27,39-43H,1-6,19,29-33,46H2/t39-,40-,41+,42+,43-/m1/s1. The summed E-state index contributed by atoms with van der Waals surface area (Å²) in [6.45, 7) is 2.00. The molecule has 8 heteroatoms. The molecule has 0 aromatic heterocycles. The summed E-state index contributed by atoms with van der Waals surface area (Å²) >= 11 is 0. The number of unbranched alkanes of at least 4 members (excludes halogenated alkanes) is 6. The van der Waals surface area contributed by atoms with E-state index in [0.717, 1.165) is 61.6 Å². The molecule has 1 fully saturated rings. The van der Waals surface area contributed by atoms with Crippen molar-refractivity contribution in [1.29, 1.82) is 0 Å². The molecule has 2 aliphatic rings. The van der Waals surface area contributed by atoms with Crippen LogP contribution in [0.3, 0.4) is 0 Å². The van der Waals surface area contributed by atoms with Crippen LogP contribution >= 0.6 is 0 Å². The molecule has 2 N–H and O–H groups in total. The van der Waals surface area contributed by atoms with Crippen molar-refractivity contribution >= 4 is 11.8 Å². The van der Waals surface area contributed by atoms with Crippen LogP contribution in [0, 0.1) is 11.8 Å². The van der Waals surface area contributed by atoms with Gasteiger partial charge in [0.1, 0.15) is 24.4 Å². The highest BCUT2D eigenvalue weighted by molar-refractivity contribution is 6.21. The summed E-state index contributed by atoms with van der Waals surface area (Å²) in [4.78, 5) is 26.6. The lowest BCUT2D eigenvalue weighted by molar-refractivity contribution is -0.217. The zero-order chi connectivity index (χ0) is 36.7. The molecule has 0 saturated carbocycles. The summed E-state index contributed by atoms with van der Waals surface area (Å²) in [7, 11) is 0. The van der Waals surface area contributed by atoms with Gasteiger partial charge in [-0.3, -0.25) is 14.5 Å². The Morgan fingerprint density at radius 1 is 0.604 bits per heavy atom. The van der Waals surface area contributed by atoms with Gasteiger partial charge in [-0.25, -0.2) is 0 Å². The van der Waals surface area contributed by atoms with E-state index in [1.807, 2.05) is 91.0 Å². The van der Waals surface area contributed by atoms with Crippen LogP contribution in [0.5, 0.6) is 0 Å². The highest BCUT2D eigenvalue weighted by Gasteiger charge is 2.45. The summed E-state index contributed by atoms with van der Waals surface area (Å²) in [5, 5.41) is 0. The van der Waals surface area contributed by atoms with Crippen molar-refractivity contribution in [3.05, 3.63) is 143 Å². The van der Waals surface area contributed by atoms with Crippen molar-refractivity contribution < 1.29 is 28.5 Å². The second-order valence-electron chi connectivity index (χ2n) is 13.7. The van der Waals surface area contributed by atoms with Crippen LogP contribution in [0.1, 0.15) is 82.4 Å². The second kappa shape index (κ2) is 20.0. The van der Waals surface area contributed by atoms with Crippen molar-refractivity contribution in [3.8, 4) is 11.8 Å². The van der Waals surface area contributed by atoms with Crippen LogP contribution in [0.25, 0.3) is 0 Å². The van der Waals surface area contributed by atoms with E-state index in [0.29, 0.717) is 44.1 Å². The van der Waals surface area contributed by atoms with Crippen LogP contribution in [0.4, 0.5) is 0 Å². The second-order valence-corrected chi connectivity index (χ2v) is 13.7. The molecule has 0 spiro atoms. The fourth-order valence-electron chi connectivity index (χ4n) is 6.84. The molecule has 8 nitrogen and oxygen atoms in total. The van der Waals surface area contributed by atoms with Gasteiger partial charge in [-0.05, 0) is 41.7 Å². The van der Waals surface area contributed by atoms with Crippen molar-refractivity contribution in [1.82, 2.24) is 4.90 Å². The maximum atomic E-state index is 12.6. The number of ether oxygens (including phenoxy) is 4. The van der Waals surface area contributed by atoms with E-state index < -0.39 is 30.5 Å². The number of carbonyl (C=O) groups excluding carboxylic acids is 2. The van der Waals surface area contributed by atoms with E-state index >= 15 is 0 Å². The van der Waals surface area contributed by atoms with Gasteiger partial charge >= 0.3 is 0 Å². The molecule has 0 aliphatic carbocycles. The molecule has 4 aromatic carbocycles. The summed E-state index contributed by atoms with van der Waals surface area (Å²) in [5.74, 6) is 6.31. The molecule has 6 rings (SSSR count). The van der Waals surface area contributed by atoms with E-state index in [1.54, 1.807) is 24.3 Å². The van der Waals surface area contributed by atoms with E-state index in [-0.39, 0.29) is 11.8 Å². The molecule has 53 heavy (non-hydrogen) atoms. The molecule has 2 heterocycles. The monoisotopic (exact) mass is 714 g/mol. The Balaban J connectivity index is 1.01. The molecular weight excluding hydrogens is 665 g/mol. The third-order valence-electron chi connectivity index (χ3n) is 9.76. The van der Waals surface area contributed by atoms with Gasteiger partial charge in [0.2, 0.25) is 0 Å². The number of carbonyl (C=O) groups is 2. The Morgan fingerprint density at radius 3 is 1.68 bits per heavy atom. The van der Waals surface area contributed by atoms with Gasteiger partial charge < -0.3 is 24.7 Å². The van der Waals surface area contributed by atoms with Crippen molar-refractivity contribution in [2.24, 2.45) is 5.73 Å². The first-order valence-electron chi connectivity index (χ1n) is 18.9. The Bertz CT molecular complexity index is 1760. The van der Waals surface area contributed by atoms with Crippen molar-refractivity contribution in [2.45, 2.75) is 95.2 Å². The van der Waals surface area contributed by atoms with Crippen molar-refractivity contribution in [3.63, 3.8) is 0 Å². The molecule has 0 unspecified atom stereocenters. The first kappa shape index (κ1) is 38.1. The third-order valence-corrected chi connectivity index (χ3v) is 9.76. The fourth-order valence-corrected chi connectivity index (χ4v) is 6.84. The summed E-state index contributed by atoms with van der Waals surface area (Å²) in [6.07, 6.45) is 4.71. The smallest absolute Gasteiger partial charge is 0.261 e. The van der Waals surface area contributed by atoms with Crippen LogP contribution in [0.15, 0.2) is 115 Å². The maximum absolute atomic E-state index is 12.6. The number of fused-ring (bicyclic) bond motifs is 1. The number of hydrogen-bond donors (Lipinski definition) is 1. The molecule has 5 atom stereocenters. The highest BCUT2D eigenvalue weighted by Crippen LogP contribution is 2.28. The van der Waals surface area contributed by atoms with E-state index in [4.69, 9.17) is 24.7 Å². The first-order valence-corrected chi connectivity index (χ1v) is 18.9. The summed E-state index contributed by atoms with van der Waals surface area (Å²) in [6, 6.07) is 36.7. The predicted octanol–water partition coefficient (Wildman–Crippen LogP) is 7.50. The number of rotatable bonds is 18. The largest absolute Gasteiger partial charge is 0.374 e. The van der Waals surface area contributed by atoms with Gasteiger partial charge in [0.05, 0.1) is 43.6 Å². The lowest BCUT2D eigenvalue weighted by Gasteiger charge is -2.43. The van der Waals surface area contributed by atoms with E-state index in [1.165, 1.54) is 4.90 Å². The van der Waals surface area contributed by atoms with Gasteiger partial charge in [-0.1, -0.05) is 135 Å². The zero-order valence-corrected chi connectivity index (χ0v) is 30.3. The van der Waals surface area contributed by atoms with E-state index in [2.05, 4.69) is 11.8 Å². The van der Waals surface area contributed by atoms with Gasteiger partial charge in [-0.15, -0.1) is 5.92 Å². The number of nitrogens with zero attached hydrogens (tertiary/aromatic N) is 1. The van der Waals surface area contributed by atoms with Gasteiger partial charge in [0.15, 0.2) is 0 Å². The van der Waals surface area contributed by atoms with Gasteiger partial charge in [0.25, 0.3) is 11.8 Å². The Kier molecular flexibility index (Phi) is 14.4. The number of imide groups is 1. The average Bonchev–Trinajstić information content (AvgIpc) is 3.44. The number of hydrogen-bond acceptors (Lipinski definition) is 7. The zero-order valence-electron chi connectivity index (χ0n) is 30.3. The van der Waals surface area contributed by atoms with Crippen LogP contribution in [-0.2, 0) is 38.8 Å². The molecule has 2 amide bonds. The third kappa shape index (κ3) is 10.7. The molecule has 0 bridgehead atoms. The maximum Gasteiger partial charge on any atom is 0.261 e. The molecule has 2 aliphatic heterocycles. The summed E-state index contributed by atoms with van der Waals surface area (Å²) in [5.41, 5.74) is 11.1. The van der Waals surface area contributed by atoms with Gasteiger partial charge in [-0.2, -0.15) is 0 Å². The van der Waals surface area contributed by atoms with E-state index in [9.17, 15) is 9.59 Å². The minimum Gasteiger partial charge on any atom is -0.374 e. The Hall–Kier alpha value is -4.62. The molecule has 1 saturated heterocycles. The Morgan fingerprint density at radius 2 is 1.09 bits per heavy atom. The molecule has 276 valence electrons. The lowest BCUT2D eigenvalue weighted by atomic mass is 9.92. The predicted molar refractivity (Wildman–Crippen MR) is 205 cm³/mol. The number of nitrogens with two attached hydrogens (primary N) is 1. The quantitative estimate of drug-likeness (QED) is 0.0648. The van der Waals surface area contributed by atoms with Gasteiger partial charge in [0, 0.05) is 13.0 Å². The minimum atomic E-state index is -0.542. The summed E-state index contributed by atoms with van der Waals surface area (Å²) < 4.78 is 25.9. The van der Waals surface area contributed by atoms with Crippen molar-refractivity contribution in [2.75, 3.05) is 13.2 Å². The fraction of sp³-hybridized carbons (Fsp3) is 0.378. The van der Waals surface area contributed by atoms with Crippen LogP contribution < -0.4 is 5.73 Å². The Labute approximate surface area is 313 Å². The highest BCUT2D eigenvalue weighted by atomic mass is 16.6. The molecule has 4 aromatic rings. The van der Waals surface area contributed by atoms with Crippen LogP contribution in [-0.4, -0.2) is 60.3 Å².